The molecule has 0 aliphatic heterocycles. The molecule has 1 amide bonds. The quantitative estimate of drug-likeness (QED) is 0.838. The van der Waals surface area contributed by atoms with Crippen molar-refractivity contribution in [2.45, 2.75) is 78.3 Å². The van der Waals surface area contributed by atoms with E-state index < -0.39 is 0 Å². The first-order chi connectivity index (χ1) is 9.23. The average molecular weight is 282 g/mol. The molecule has 118 valence electrons. The van der Waals surface area contributed by atoms with Crippen molar-refractivity contribution in [1.29, 1.82) is 0 Å². The topological polar surface area (TPSA) is 32.3 Å². The highest BCUT2D eigenvalue weighted by molar-refractivity contribution is 5.76. The maximum atomic E-state index is 12.4. The second-order valence-electron chi connectivity index (χ2n) is 7.87. The van der Waals surface area contributed by atoms with Crippen molar-refractivity contribution >= 4 is 5.91 Å². The number of amides is 1. The van der Waals surface area contributed by atoms with Crippen molar-refractivity contribution in [3.63, 3.8) is 0 Å². The van der Waals surface area contributed by atoms with Crippen LogP contribution in [-0.4, -0.2) is 37.0 Å². The van der Waals surface area contributed by atoms with Gasteiger partial charge < -0.3 is 10.2 Å². The summed E-state index contributed by atoms with van der Waals surface area (Å²) in [6, 6.07) is 1.10. The number of hydrogen-bond donors (Lipinski definition) is 1. The molecule has 1 aliphatic rings. The van der Waals surface area contributed by atoms with E-state index in [0.717, 1.165) is 19.3 Å². The van der Waals surface area contributed by atoms with Crippen molar-refractivity contribution < 1.29 is 4.79 Å². The molecule has 0 radical (unpaired) electrons. The minimum atomic E-state index is 0.309. The van der Waals surface area contributed by atoms with Crippen LogP contribution in [0.3, 0.4) is 0 Å². The largest absolute Gasteiger partial charge is 0.343 e. The van der Waals surface area contributed by atoms with Gasteiger partial charge in [-0.25, -0.2) is 0 Å². The van der Waals surface area contributed by atoms with E-state index in [9.17, 15) is 4.79 Å². The van der Waals surface area contributed by atoms with Crippen LogP contribution in [0.15, 0.2) is 0 Å². The van der Waals surface area contributed by atoms with Gasteiger partial charge in [-0.3, -0.25) is 4.79 Å². The average Bonchev–Trinajstić information content (AvgIpc) is 2.35. The van der Waals surface area contributed by atoms with Gasteiger partial charge in [0, 0.05) is 25.6 Å². The molecule has 0 bridgehead atoms. The highest BCUT2D eigenvalue weighted by Crippen LogP contribution is 2.27. The number of hydrogen-bond acceptors (Lipinski definition) is 2. The fraction of sp³-hybridized carbons (Fsp3) is 0.941. The third-order valence-corrected chi connectivity index (χ3v) is 4.53. The second kappa shape index (κ2) is 7.44. The van der Waals surface area contributed by atoms with Crippen LogP contribution in [-0.2, 0) is 4.79 Å². The molecule has 20 heavy (non-hydrogen) atoms. The fourth-order valence-electron chi connectivity index (χ4n) is 3.52. The van der Waals surface area contributed by atoms with Gasteiger partial charge in [0.15, 0.2) is 0 Å². The highest BCUT2D eigenvalue weighted by Gasteiger charge is 2.27. The maximum Gasteiger partial charge on any atom is 0.222 e. The molecule has 0 aromatic carbocycles. The standard InChI is InChI=1S/C17H34N2O/c1-13(12-17(2,3)4)11-16(20)19(6)15-9-7-14(18-5)8-10-15/h13-15,18H,7-12H2,1-6H3. The Bertz CT molecular complexity index is 301. The zero-order valence-corrected chi connectivity index (χ0v) is 14.3. The van der Waals surface area contributed by atoms with E-state index in [1.54, 1.807) is 0 Å². The highest BCUT2D eigenvalue weighted by atomic mass is 16.2. The summed E-state index contributed by atoms with van der Waals surface area (Å²) in [6.07, 6.45) is 6.47. The van der Waals surface area contributed by atoms with Crippen LogP contribution < -0.4 is 5.32 Å². The predicted octanol–water partition coefficient (Wildman–Crippen LogP) is 3.44. The van der Waals surface area contributed by atoms with E-state index in [-0.39, 0.29) is 0 Å². The molecule has 0 spiro atoms. The van der Waals surface area contributed by atoms with Crippen LogP contribution in [0, 0.1) is 11.3 Å². The van der Waals surface area contributed by atoms with E-state index in [0.29, 0.717) is 35.7 Å². The molecule has 1 atom stereocenters. The summed E-state index contributed by atoms with van der Waals surface area (Å²) in [4.78, 5) is 14.4. The van der Waals surface area contributed by atoms with Crippen LogP contribution >= 0.6 is 0 Å². The smallest absolute Gasteiger partial charge is 0.222 e. The Morgan fingerprint density at radius 2 is 1.80 bits per heavy atom. The van der Waals surface area contributed by atoms with Crippen molar-refractivity contribution in [2.75, 3.05) is 14.1 Å². The van der Waals surface area contributed by atoms with Gasteiger partial charge in [-0.05, 0) is 50.5 Å². The minimum absolute atomic E-state index is 0.309. The molecule has 1 fully saturated rings. The van der Waals surface area contributed by atoms with Gasteiger partial charge in [-0.15, -0.1) is 0 Å². The van der Waals surface area contributed by atoms with Crippen LogP contribution in [0.25, 0.3) is 0 Å². The third-order valence-electron chi connectivity index (χ3n) is 4.53. The van der Waals surface area contributed by atoms with Gasteiger partial charge in [0.25, 0.3) is 0 Å². The molecule has 0 saturated heterocycles. The summed E-state index contributed by atoms with van der Waals surface area (Å²) >= 11 is 0. The molecule has 1 rings (SSSR count). The van der Waals surface area contributed by atoms with E-state index in [2.05, 4.69) is 33.0 Å². The molecular weight excluding hydrogens is 248 g/mol. The van der Waals surface area contributed by atoms with Gasteiger partial charge in [-0.2, -0.15) is 0 Å². The summed E-state index contributed by atoms with van der Waals surface area (Å²) in [5, 5.41) is 3.35. The van der Waals surface area contributed by atoms with Crippen molar-refractivity contribution in [2.24, 2.45) is 11.3 Å². The Hall–Kier alpha value is -0.570. The molecule has 1 saturated carbocycles. The Labute approximate surface area is 125 Å². The molecule has 0 heterocycles. The lowest BCUT2D eigenvalue weighted by Gasteiger charge is -2.35. The summed E-state index contributed by atoms with van der Waals surface area (Å²) < 4.78 is 0. The number of carbonyl (C=O) groups is 1. The van der Waals surface area contributed by atoms with Gasteiger partial charge >= 0.3 is 0 Å². The maximum absolute atomic E-state index is 12.4. The van der Waals surface area contributed by atoms with Crippen molar-refractivity contribution in [3.05, 3.63) is 0 Å². The second-order valence-corrected chi connectivity index (χ2v) is 7.87. The van der Waals surface area contributed by atoms with Gasteiger partial charge in [0.1, 0.15) is 0 Å². The SMILES string of the molecule is CNC1CCC(N(C)C(=O)CC(C)CC(C)(C)C)CC1. The molecular formula is C17H34N2O. The van der Waals surface area contributed by atoms with Crippen molar-refractivity contribution in [1.82, 2.24) is 10.2 Å². The first-order valence-electron chi connectivity index (χ1n) is 8.16. The van der Waals surface area contributed by atoms with E-state index in [4.69, 9.17) is 0 Å². The van der Waals surface area contributed by atoms with E-state index in [1.165, 1.54) is 12.8 Å². The van der Waals surface area contributed by atoms with Gasteiger partial charge in [0.2, 0.25) is 5.91 Å². The molecule has 1 unspecified atom stereocenters. The molecule has 3 nitrogen and oxygen atoms in total. The van der Waals surface area contributed by atoms with Crippen LogP contribution in [0.4, 0.5) is 0 Å². The first-order valence-corrected chi connectivity index (χ1v) is 8.16. The number of carbonyl (C=O) groups excluding carboxylic acids is 1. The zero-order valence-electron chi connectivity index (χ0n) is 14.3. The molecule has 1 aliphatic carbocycles. The Balaban J connectivity index is 2.39. The zero-order chi connectivity index (χ0) is 15.3. The summed E-state index contributed by atoms with van der Waals surface area (Å²) in [5.74, 6) is 0.799. The lowest BCUT2D eigenvalue weighted by Crippen LogP contribution is -2.43. The van der Waals surface area contributed by atoms with E-state index in [1.807, 2.05) is 19.0 Å². The Kier molecular flexibility index (Phi) is 6.50. The van der Waals surface area contributed by atoms with Crippen LogP contribution in [0.2, 0.25) is 0 Å². The lowest BCUT2D eigenvalue weighted by atomic mass is 9.83. The van der Waals surface area contributed by atoms with Crippen molar-refractivity contribution in [3.8, 4) is 0 Å². The van der Waals surface area contributed by atoms with E-state index >= 15 is 0 Å². The Morgan fingerprint density at radius 3 is 2.25 bits per heavy atom. The molecule has 0 aromatic rings. The summed E-state index contributed by atoms with van der Waals surface area (Å²) in [6.45, 7) is 8.94. The predicted molar refractivity (Wildman–Crippen MR) is 85.7 cm³/mol. The molecule has 1 N–H and O–H groups in total. The van der Waals surface area contributed by atoms with Gasteiger partial charge in [-0.1, -0.05) is 27.7 Å². The molecule has 0 aromatic heterocycles. The number of rotatable bonds is 5. The monoisotopic (exact) mass is 282 g/mol. The third kappa shape index (κ3) is 5.82. The lowest BCUT2D eigenvalue weighted by molar-refractivity contribution is -0.133. The number of nitrogens with one attached hydrogen (secondary N) is 1. The minimum Gasteiger partial charge on any atom is -0.343 e. The Morgan fingerprint density at radius 1 is 1.25 bits per heavy atom. The summed E-state index contributed by atoms with van der Waals surface area (Å²) in [5.41, 5.74) is 0.309. The van der Waals surface area contributed by atoms with Crippen LogP contribution in [0.5, 0.6) is 0 Å². The fourth-order valence-corrected chi connectivity index (χ4v) is 3.52. The van der Waals surface area contributed by atoms with Crippen LogP contribution in [0.1, 0.15) is 66.2 Å². The van der Waals surface area contributed by atoms with Gasteiger partial charge in [0.05, 0.1) is 0 Å². The first kappa shape index (κ1) is 17.5. The number of nitrogens with zero attached hydrogens (tertiary/aromatic N) is 1. The summed E-state index contributed by atoms with van der Waals surface area (Å²) in [7, 11) is 4.03. The normalized spacial score (nSPS) is 25.3. The molecule has 3 heteroatoms.